The molecule has 4 aromatic rings. The van der Waals surface area contributed by atoms with E-state index in [4.69, 9.17) is 24.0 Å². The number of carbonyl (C=O) groups is 4. The first-order valence-electron chi connectivity index (χ1n) is 18.8. The number of fused-ring (bicyclic) bond motifs is 2. The molecule has 2 atom stereocenters. The molecule has 0 saturated carbocycles. The fraction of sp³-hybridized carbons (Fsp3) is 0.447. The first-order valence-corrected chi connectivity index (χ1v) is 20.6. The van der Waals surface area contributed by atoms with Gasteiger partial charge < -0.3 is 34.2 Å². The number of amides is 3. The van der Waals surface area contributed by atoms with Gasteiger partial charge >= 0.3 is 17.7 Å². The number of hydrogen-bond donors (Lipinski definition) is 3. The first-order chi connectivity index (χ1) is 27.9. The fourth-order valence-electron chi connectivity index (χ4n) is 6.16. The number of ether oxygens (including phenoxy) is 3. The lowest BCUT2D eigenvalue weighted by molar-refractivity contribution is -0.664. The van der Waals surface area contributed by atoms with Gasteiger partial charge in [0.15, 0.2) is 0 Å². The van der Waals surface area contributed by atoms with Gasteiger partial charge in [0.2, 0.25) is 23.0 Å². The minimum Gasteiger partial charge on any atom is -0.497 e. The summed E-state index contributed by atoms with van der Waals surface area (Å²) in [6, 6.07) is 10.0. The normalized spacial score (nSPS) is 16.8. The summed E-state index contributed by atoms with van der Waals surface area (Å²) in [6.07, 6.45) is 3.89. The van der Waals surface area contributed by atoms with Gasteiger partial charge in [0, 0.05) is 29.4 Å². The molecule has 1 aromatic carbocycles. The zero-order chi connectivity index (χ0) is 41.4. The number of hydrogen-bond acceptors (Lipinski definition) is 15. The molecule has 18 nitrogen and oxygen atoms in total. The Kier molecular flexibility index (Phi) is 13.6. The Labute approximate surface area is 343 Å². The van der Waals surface area contributed by atoms with Gasteiger partial charge in [-0.3, -0.25) is 19.8 Å². The van der Waals surface area contributed by atoms with Gasteiger partial charge in [-0.25, -0.2) is 14.2 Å². The Hall–Kier alpha value is -5.60. The van der Waals surface area contributed by atoms with Gasteiger partial charge in [-0.2, -0.15) is 9.36 Å². The Bertz CT molecular complexity index is 2200. The highest BCUT2D eigenvalue weighted by molar-refractivity contribution is 8.00. The number of rotatable bonds is 17. The number of methoxy groups -OCH3 is 1. The van der Waals surface area contributed by atoms with E-state index in [1.165, 1.54) is 16.7 Å². The van der Waals surface area contributed by atoms with Crippen molar-refractivity contribution in [3.05, 3.63) is 71.6 Å². The molecular formula is C38H47N10O8S2+. The summed E-state index contributed by atoms with van der Waals surface area (Å²) < 4.78 is 24.6. The third-order valence-electron chi connectivity index (χ3n) is 8.82. The van der Waals surface area contributed by atoms with Crippen LogP contribution in [0.25, 0.3) is 11.2 Å². The topological polar surface area (TPSA) is 204 Å². The number of benzene rings is 1. The average molecular weight is 836 g/mol. The lowest BCUT2D eigenvalue weighted by Gasteiger charge is -2.49. The number of nitrogens with one attached hydrogen (secondary N) is 3. The second-order valence-corrected chi connectivity index (χ2v) is 16.0. The van der Waals surface area contributed by atoms with Crippen molar-refractivity contribution in [2.75, 3.05) is 37.9 Å². The van der Waals surface area contributed by atoms with Crippen LogP contribution in [0.2, 0.25) is 0 Å². The van der Waals surface area contributed by atoms with Crippen molar-refractivity contribution in [3.8, 4) is 5.75 Å². The molecule has 2 aliphatic heterocycles. The van der Waals surface area contributed by atoms with Crippen LogP contribution in [0.15, 0.2) is 65.3 Å². The van der Waals surface area contributed by atoms with Crippen LogP contribution in [0.1, 0.15) is 52.4 Å². The maximum absolute atomic E-state index is 14.0. The third kappa shape index (κ3) is 9.91. The molecule has 3 aromatic heterocycles. The van der Waals surface area contributed by atoms with Gasteiger partial charge in [-0.05, 0) is 82.0 Å². The molecule has 5 heterocycles. The van der Waals surface area contributed by atoms with E-state index in [2.05, 4.69) is 42.0 Å². The number of carbonyl (C=O) groups excluding carboxylic acids is 4. The maximum atomic E-state index is 14.0. The van der Waals surface area contributed by atoms with Crippen molar-refractivity contribution in [2.45, 2.75) is 77.8 Å². The zero-order valence-corrected chi connectivity index (χ0v) is 34.8. The summed E-state index contributed by atoms with van der Waals surface area (Å²) in [7, 11) is 1.57. The zero-order valence-electron chi connectivity index (χ0n) is 33.1. The van der Waals surface area contributed by atoms with E-state index in [0.717, 1.165) is 54.3 Å². The molecule has 1 fully saturated rings. The van der Waals surface area contributed by atoms with Crippen molar-refractivity contribution in [2.24, 2.45) is 5.16 Å². The van der Waals surface area contributed by atoms with Crippen LogP contribution in [0.3, 0.4) is 0 Å². The van der Waals surface area contributed by atoms with Crippen molar-refractivity contribution in [1.82, 2.24) is 34.4 Å². The molecule has 3 N–H and O–H groups in total. The molecule has 3 amide bonds. The van der Waals surface area contributed by atoms with Gasteiger partial charge in [0.25, 0.3) is 11.8 Å². The quantitative estimate of drug-likeness (QED) is 0.0349. The van der Waals surface area contributed by atoms with Crippen molar-refractivity contribution in [3.63, 3.8) is 0 Å². The molecule has 0 aliphatic carbocycles. The number of aromatic nitrogens is 5. The molecule has 0 spiro atoms. The molecule has 1 saturated heterocycles. The smallest absolute Gasteiger partial charge is 0.414 e. The predicted molar refractivity (Wildman–Crippen MR) is 216 cm³/mol. The summed E-state index contributed by atoms with van der Waals surface area (Å²) in [5, 5.41) is 11.9. The Morgan fingerprint density at radius 2 is 1.91 bits per heavy atom. The summed E-state index contributed by atoms with van der Waals surface area (Å²) in [6.45, 7) is 11.9. The van der Waals surface area contributed by atoms with Crippen molar-refractivity contribution in [1.29, 1.82) is 0 Å². The number of pyridine rings is 1. The first kappa shape index (κ1) is 42.0. The monoisotopic (exact) mass is 835 g/mol. The molecule has 0 radical (unpaired) electrons. The number of anilines is 1. The van der Waals surface area contributed by atoms with Crippen LogP contribution in [-0.4, -0.2) is 103 Å². The molecule has 20 heteroatoms. The number of oxime groups is 1. The standard InChI is InChI=1S/C38H46N10O8S2/c1-7-39-16-10-18-47-22-40-31-26(47)11-9-17-46(31)19-24-21-57-34-28(33(50)48(34)29(24)35(51)54-20-23-12-14-25(53-6)15-13-23)41-32(49)27(44-55-8-2)30-42-36(58-45-30)43-37(52)56-38(3,4)5/h9,11-15,17,22,28,34,39H,7-8,10,16,18-21H2,1-6H3,(H-,41,42,43,45,49,52)/p+1/b44-27-. The number of β-lactam (4-membered cyclic amide) rings is 1. The molecule has 308 valence electrons. The number of esters is 1. The van der Waals surface area contributed by atoms with E-state index in [-0.39, 0.29) is 42.1 Å². The van der Waals surface area contributed by atoms with Crippen LogP contribution < -0.4 is 25.3 Å². The Morgan fingerprint density at radius 3 is 2.64 bits per heavy atom. The van der Waals surface area contributed by atoms with Crippen LogP contribution in [0.5, 0.6) is 5.75 Å². The molecule has 6 rings (SSSR count). The lowest BCUT2D eigenvalue weighted by atomic mass is 10.0. The van der Waals surface area contributed by atoms with Crippen LogP contribution in [0.4, 0.5) is 9.93 Å². The molecule has 0 bridgehead atoms. The van der Waals surface area contributed by atoms with Crippen molar-refractivity contribution < 1.29 is 42.8 Å². The average Bonchev–Trinajstić information content (AvgIpc) is 3.84. The Balaban J connectivity index is 1.23. The highest BCUT2D eigenvalue weighted by Crippen LogP contribution is 2.41. The molecular weight excluding hydrogens is 789 g/mol. The van der Waals surface area contributed by atoms with E-state index in [9.17, 15) is 19.2 Å². The van der Waals surface area contributed by atoms with E-state index in [1.807, 2.05) is 29.2 Å². The number of imidazole rings is 1. The third-order valence-corrected chi connectivity index (χ3v) is 10.8. The van der Waals surface area contributed by atoms with Gasteiger partial charge in [0.1, 0.15) is 53.7 Å². The summed E-state index contributed by atoms with van der Waals surface area (Å²) >= 11 is 2.22. The number of aryl methyl sites for hydroxylation is 1. The van der Waals surface area contributed by atoms with Crippen molar-refractivity contribution >= 4 is 69.2 Å². The highest BCUT2D eigenvalue weighted by atomic mass is 32.2. The van der Waals surface area contributed by atoms with Gasteiger partial charge in [-0.1, -0.05) is 24.2 Å². The SMILES string of the molecule is CCNCCCn1cnc2c1ccc[n+]2CC1=C(C(=O)OCc2ccc(OC)cc2)N2C(=O)C(NC(=O)/C(=N\OCC)c3nsc(NC(=O)OC(C)(C)C)n3)C2SC1. The largest absolute Gasteiger partial charge is 0.497 e. The van der Waals surface area contributed by atoms with E-state index in [0.29, 0.717) is 17.1 Å². The van der Waals surface area contributed by atoms with Crippen LogP contribution in [0, 0.1) is 0 Å². The minimum absolute atomic E-state index is 0.0394. The summed E-state index contributed by atoms with van der Waals surface area (Å²) in [4.78, 5) is 69.6. The van der Waals surface area contributed by atoms with Gasteiger partial charge in [-0.15, -0.1) is 11.8 Å². The number of nitrogens with zero attached hydrogens (tertiary/aromatic N) is 7. The van der Waals surface area contributed by atoms with Gasteiger partial charge in [0.05, 0.1) is 13.3 Å². The second-order valence-electron chi connectivity index (χ2n) is 14.1. The van der Waals surface area contributed by atoms with Crippen LogP contribution >= 0.6 is 23.3 Å². The van der Waals surface area contributed by atoms with E-state index < -0.39 is 40.9 Å². The summed E-state index contributed by atoms with van der Waals surface area (Å²) in [5.41, 5.74) is 2.14. The second kappa shape index (κ2) is 18.8. The molecule has 58 heavy (non-hydrogen) atoms. The lowest BCUT2D eigenvalue weighted by Crippen LogP contribution is -2.71. The fourth-order valence-corrected chi connectivity index (χ4v) is 8.05. The summed E-state index contributed by atoms with van der Waals surface area (Å²) in [5.74, 6) is -1.08. The predicted octanol–water partition coefficient (Wildman–Crippen LogP) is 3.37. The molecule has 2 aliphatic rings. The number of thioether (sulfide) groups is 1. The Morgan fingerprint density at radius 1 is 1.12 bits per heavy atom. The maximum Gasteiger partial charge on any atom is 0.414 e. The van der Waals surface area contributed by atoms with Crippen LogP contribution in [-0.2, 0) is 48.4 Å². The highest BCUT2D eigenvalue weighted by Gasteiger charge is 2.55. The molecule has 2 unspecified atom stereocenters. The van der Waals surface area contributed by atoms with E-state index >= 15 is 0 Å². The van der Waals surface area contributed by atoms with E-state index in [1.54, 1.807) is 59.1 Å². The minimum atomic E-state index is -1.03.